The van der Waals surface area contributed by atoms with Crippen molar-refractivity contribution in [3.05, 3.63) is 0 Å². The van der Waals surface area contributed by atoms with Crippen molar-refractivity contribution in [1.82, 2.24) is 0 Å². The van der Waals surface area contributed by atoms with Crippen molar-refractivity contribution >= 4 is 11.6 Å². The lowest BCUT2D eigenvalue weighted by Gasteiger charge is -2.30. The summed E-state index contributed by atoms with van der Waals surface area (Å²) in [7, 11) is 0. The fourth-order valence-corrected chi connectivity index (χ4v) is 2.44. The monoisotopic (exact) mass is 188 g/mol. The van der Waals surface area contributed by atoms with Gasteiger partial charge in [-0.1, -0.05) is 20.8 Å². The number of hydrogen-bond donors (Lipinski definition) is 0. The Balaban J connectivity index is 2.26. The Morgan fingerprint density at radius 1 is 1.08 bits per heavy atom. The van der Waals surface area contributed by atoms with Crippen LogP contribution in [0.3, 0.4) is 0 Å². The summed E-state index contributed by atoms with van der Waals surface area (Å²) in [6.45, 7) is 7.00. The molecule has 1 heteroatoms. The quantitative estimate of drug-likeness (QED) is 0.541. The normalized spacial score (nSPS) is 32.0. The maximum atomic E-state index is 6.05. The van der Waals surface area contributed by atoms with Gasteiger partial charge in [0.15, 0.2) is 0 Å². The zero-order valence-electron chi connectivity index (χ0n) is 8.57. The second-order valence-corrected chi connectivity index (χ2v) is 6.00. The van der Waals surface area contributed by atoms with E-state index in [2.05, 4.69) is 20.8 Å². The van der Waals surface area contributed by atoms with Crippen LogP contribution in [0.25, 0.3) is 0 Å². The first-order chi connectivity index (χ1) is 5.47. The van der Waals surface area contributed by atoms with Crippen LogP contribution in [0, 0.1) is 11.3 Å². The molecule has 72 valence electrons. The van der Waals surface area contributed by atoms with Crippen LogP contribution in [0.5, 0.6) is 0 Å². The van der Waals surface area contributed by atoms with Crippen LogP contribution in [0.4, 0.5) is 0 Å². The van der Waals surface area contributed by atoms with Crippen LogP contribution in [-0.2, 0) is 0 Å². The van der Waals surface area contributed by atoms with Gasteiger partial charge in [0.05, 0.1) is 0 Å². The van der Waals surface area contributed by atoms with E-state index in [1.165, 1.54) is 32.1 Å². The third kappa shape index (κ3) is 3.80. The van der Waals surface area contributed by atoms with Crippen LogP contribution < -0.4 is 0 Å². The van der Waals surface area contributed by atoms with E-state index in [1.54, 1.807) is 0 Å². The van der Waals surface area contributed by atoms with Gasteiger partial charge in [0.2, 0.25) is 0 Å². The van der Waals surface area contributed by atoms with Crippen LogP contribution in [0.1, 0.15) is 52.9 Å². The molecule has 0 atom stereocenters. The van der Waals surface area contributed by atoms with E-state index in [9.17, 15) is 0 Å². The van der Waals surface area contributed by atoms with Crippen molar-refractivity contribution in [2.45, 2.75) is 58.3 Å². The van der Waals surface area contributed by atoms with Crippen LogP contribution in [0.2, 0.25) is 0 Å². The third-order valence-corrected chi connectivity index (χ3v) is 3.11. The Morgan fingerprint density at radius 3 is 2.00 bits per heavy atom. The predicted molar refractivity (Wildman–Crippen MR) is 55.7 cm³/mol. The van der Waals surface area contributed by atoms with Gasteiger partial charge in [-0.2, -0.15) is 0 Å². The van der Waals surface area contributed by atoms with Crippen LogP contribution >= 0.6 is 11.6 Å². The first-order valence-electron chi connectivity index (χ1n) is 5.11. The molecule has 0 amide bonds. The van der Waals surface area contributed by atoms with E-state index < -0.39 is 0 Å². The lowest BCUT2D eigenvalue weighted by atomic mass is 9.77. The van der Waals surface area contributed by atoms with E-state index in [0.717, 1.165) is 5.92 Å². The largest absolute Gasteiger partial charge is 0.123 e. The van der Waals surface area contributed by atoms with E-state index in [4.69, 9.17) is 11.6 Å². The molecule has 1 aliphatic rings. The van der Waals surface area contributed by atoms with Gasteiger partial charge in [0, 0.05) is 5.38 Å². The molecule has 0 aromatic heterocycles. The highest BCUT2D eigenvalue weighted by atomic mass is 35.5. The first kappa shape index (κ1) is 10.4. The summed E-state index contributed by atoms with van der Waals surface area (Å²) in [4.78, 5) is 0. The van der Waals surface area contributed by atoms with Gasteiger partial charge in [-0.25, -0.2) is 0 Å². The second-order valence-electron chi connectivity index (χ2n) is 5.38. The smallest absolute Gasteiger partial charge is 0.0336 e. The SMILES string of the molecule is CC(C)(C)CC1CCC(Cl)CC1. The molecule has 1 aliphatic carbocycles. The molecule has 0 unspecified atom stereocenters. The van der Waals surface area contributed by atoms with Crippen molar-refractivity contribution in [3.8, 4) is 0 Å². The number of rotatable bonds is 1. The average Bonchev–Trinajstić information content (AvgIpc) is 1.91. The van der Waals surface area contributed by atoms with E-state index >= 15 is 0 Å². The van der Waals surface area contributed by atoms with Crippen molar-refractivity contribution in [2.75, 3.05) is 0 Å². The summed E-state index contributed by atoms with van der Waals surface area (Å²) in [5.41, 5.74) is 0.504. The Kier molecular flexibility index (Phi) is 3.46. The highest BCUT2D eigenvalue weighted by Crippen LogP contribution is 2.35. The highest BCUT2D eigenvalue weighted by molar-refractivity contribution is 6.20. The van der Waals surface area contributed by atoms with E-state index in [1.807, 2.05) is 0 Å². The lowest BCUT2D eigenvalue weighted by Crippen LogP contribution is -2.19. The van der Waals surface area contributed by atoms with Crippen LogP contribution in [0.15, 0.2) is 0 Å². The summed E-state index contributed by atoms with van der Waals surface area (Å²) >= 11 is 6.05. The Morgan fingerprint density at radius 2 is 1.58 bits per heavy atom. The molecule has 0 spiro atoms. The minimum absolute atomic E-state index is 0.473. The van der Waals surface area contributed by atoms with Gasteiger partial charge in [0.1, 0.15) is 0 Å². The van der Waals surface area contributed by atoms with Gasteiger partial charge in [-0.05, 0) is 43.4 Å². The maximum Gasteiger partial charge on any atom is 0.0336 e. The zero-order valence-corrected chi connectivity index (χ0v) is 9.32. The minimum Gasteiger partial charge on any atom is -0.123 e. The molecule has 0 N–H and O–H groups in total. The summed E-state index contributed by atoms with van der Waals surface area (Å²) < 4.78 is 0. The molecule has 1 rings (SSSR count). The van der Waals surface area contributed by atoms with Gasteiger partial charge >= 0.3 is 0 Å². The minimum atomic E-state index is 0.473. The van der Waals surface area contributed by atoms with Gasteiger partial charge < -0.3 is 0 Å². The summed E-state index contributed by atoms with van der Waals surface area (Å²) in [6.07, 6.45) is 6.55. The summed E-state index contributed by atoms with van der Waals surface area (Å²) in [6, 6.07) is 0. The Hall–Kier alpha value is 0.290. The molecule has 1 saturated carbocycles. The van der Waals surface area contributed by atoms with Crippen LogP contribution in [-0.4, -0.2) is 5.38 Å². The lowest BCUT2D eigenvalue weighted by molar-refractivity contribution is 0.241. The van der Waals surface area contributed by atoms with Crippen molar-refractivity contribution in [3.63, 3.8) is 0 Å². The van der Waals surface area contributed by atoms with Crippen molar-refractivity contribution in [2.24, 2.45) is 11.3 Å². The standard InChI is InChI=1S/C11H21Cl/c1-11(2,3)8-9-4-6-10(12)7-5-9/h9-10H,4-8H2,1-3H3. The number of hydrogen-bond acceptors (Lipinski definition) is 0. The molecular formula is C11H21Cl. The van der Waals surface area contributed by atoms with Gasteiger partial charge in [-0.3, -0.25) is 0 Å². The van der Waals surface area contributed by atoms with Gasteiger partial charge in [-0.15, -0.1) is 11.6 Å². The second kappa shape index (κ2) is 4.00. The van der Waals surface area contributed by atoms with Crippen molar-refractivity contribution in [1.29, 1.82) is 0 Å². The van der Waals surface area contributed by atoms with E-state index in [0.29, 0.717) is 10.8 Å². The molecule has 0 aromatic rings. The fraction of sp³-hybridized carbons (Fsp3) is 1.00. The van der Waals surface area contributed by atoms with Crippen molar-refractivity contribution < 1.29 is 0 Å². The molecular weight excluding hydrogens is 168 g/mol. The zero-order chi connectivity index (χ0) is 9.19. The molecule has 0 radical (unpaired) electrons. The molecule has 0 aliphatic heterocycles. The Bertz CT molecular complexity index is 126. The molecule has 12 heavy (non-hydrogen) atoms. The molecule has 0 aromatic carbocycles. The van der Waals surface area contributed by atoms with Gasteiger partial charge in [0.25, 0.3) is 0 Å². The third-order valence-electron chi connectivity index (χ3n) is 2.68. The summed E-state index contributed by atoms with van der Waals surface area (Å²) in [5.74, 6) is 0.944. The predicted octanol–water partition coefficient (Wildman–Crippen LogP) is 4.22. The summed E-state index contributed by atoms with van der Waals surface area (Å²) in [5, 5.41) is 0.473. The topological polar surface area (TPSA) is 0 Å². The molecule has 0 nitrogen and oxygen atoms in total. The number of halogens is 1. The fourth-order valence-electron chi connectivity index (χ4n) is 2.19. The van der Waals surface area contributed by atoms with E-state index in [-0.39, 0.29) is 0 Å². The maximum absolute atomic E-state index is 6.05. The Labute approximate surface area is 81.7 Å². The molecule has 0 bridgehead atoms. The molecule has 0 heterocycles. The molecule has 1 fully saturated rings. The highest BCUT2D eigenvalue weighted by Gasteiger charge is 2.23. The number of alkyl halides is 1. The average molecular weight is 189 g/mol. The first-order valence-corrected chi connectivity index (χ1v) is 5.55. The molecule has 0 saturated heterocycles.